The molecule has 0 aliphatic heterocycles. The summed E-state index contributed by atoms with van der Waals surface area (Å²) < 4.78 is 10.6. The third-order valence-corrected chi connectivity index (χ3v) is 4.26. The van der Waals surface area contributed by atoms with Gasteiger partial charge in [-0.05, 0) is 29.7 Å². The number of nitrogens with two attached hydrogens (primary N) is 1. The predicted octanol–water partition coefficient (Wildman–Crippen LogP) is 3.71. The Hall–Kier alpha value is -2.83. The molecular weight excluding hydrogens is 344 g/mol. The molecule has 0 bridgehead atoms. The maximum Gasteiger partial charge on any atom is 0.404 e. The zero-order valence-corrected chi connectivity index (χ0v) is 16.5. The van der Waals surface area contributed by atoms with Crippen molar-refractivity contribution in [1.29, 1.82) is 0 Å². The number of pyridine rings is 2. The molecule has 0 saturated carbocycles. The van der Waals surface area contributed by atoms with Crippen molar-refractivity contribution in [2.75, 3.05) is 19.0 Å². The second-order valence-corrected chi connectivity index (χ2v) is 7.57. The summed E-state index contributed by atoms with van der Waals surface area (Å²) in [6.45, 7) is 8.67. The van der Waals surface area contributed by atoms with Crippen molar-refractivity contribution in [3.63, 3.8) is 0 Å². The van der Waals surface area contributed by atoms with E-state index in [-0.39, 0.29) is 17.4 Å². The molecule has 0 aliphatic carbocycles. The van der Waals surface area contributed by atoms with Crippen LogP contribution < -0.4 is 15.8 Å². The monoisotopic (exact) mass is 372 g/mol. The van der Waals surface area contributed by atoms with Crippen molar-refractivity contribution in [3.05, 3.63) is 36.7 Å². The summed E-state index contributed by atoms with van der Waals surface area (Å²) in [6, 6.07) is 7.65. The number of hydrogen-bond acceptors (Lipinski definition) is 6. The van der Waals surface area contributed by atoms with Crippen molar-refractivity contribution in [2.24, 2.45) is 17.1 Å². The lowest BCUT2D eigenvalue weighted by Crippen LogP contribution is -2.41. The van der Waals surface area contributed by atoms with Crippen LogP contribution in [0.5, 0.6) is 5.88 Å². The Kier molecular flexibility index (Phi) is 6.60. The third-order valence-electron chi connectivity index (χ3n) is 4.26. The SMILES string of the molecule is COc1ncccc1-c1ccc(NCC(C)C(OC(N)=O)C(C)(C)C)nc1. The zero-order valence-electron chi connectivity index (χ0n) is 16.5. The van der Waals surface area contributed by atoms with E-state index in [1.165, 1.54) is 0 Å². The van der Waals surface area contributed by atoms with Crippen molar-refractivity contribution in [3.8, 4) is 17.0 Å². The summed E-state index contributed by atoms with van der Waals surface area (Å²) in [5.41, 5.74) is 6.81. The van der Waals surface area contributed by atoms with E-state index >= 15 is 0 Å². The molecule has 0 aromatic carbocycles. The van der Waals surface area contributed by atoms with Crippen molar-refractivity contribution < 1.29 is 14.3 Å². The van der Waals surface area contributed by atoms with Crippen LogP contribution in [0, 0.1) is 11.3 Å². The van der Waals surface area contributed by atoms with Gasteiger partial charge in [0, 0.05) is 36.0 Å². The second kappa shape index (κ2) is 8.70. The van der Waals surface area contributed by atoms with Gasteiger partial charge in [-0.25, -0.2) is 14.8 Å². The van der Waals surface area contributed by atoms with E-state index in [1.54, 1.807) is 19.5 Å². The van der Waals surface area contributed by atoms with E-state index in [2.05, 4.69) is 15.3 Å². The van der Waals surface area contributed by atoms with Crippen LogP contribution in [0.15, 0.2) is 36.7 Å². The van der Waals surface area contributed by atoms with Gasteiger partial charge in [0.25, 0.3) is 0 Å². The summed E-state index contributed by atoms with van der Waals surface area (Å²) in [6.07, 6.45) is 2.40. The van der Waals surface area contributed by atoms with Gasteiger partial charge in [0.05, 0.1) is 7.11 Å². The highest BCUT2D eigenvalue weighted by Crippen LogP contribution is 2.29. The van der Waals surface area contributed by atoms with Gasteiger partial charge in [-0.15, -0.1) is 0 Å². The molecule has 2 atom stereocenters. The minimum atomic E-state index is -0.755. The average Bonchev–Trinajstić information content (AvgIpc) is 2.63. The zero-order chi connectivity index (χ0) is 20.0. The van der Waals surface area contributed by atoms with Gasteiger partial charge in [-0.1, -0.05) is 27.7 Å². The van der Waals surface area contributed by atoms with E-state index in [0.29, 0.717) is 12.4 Å². The fourth-order valence-electron chi connectivity index (χ4n) is 3.08. The third kappa shape index (κ3) is 5.57. The molecule has 7 heteroatoms. The normalized spacial score (nSPS) is 13.5. The van der Waals surface area contributed by atoms with Gasteiger partial charge in [0.2, 0.25) is 5.88 Å². The molecule has 0 radical (unpaired) electrons. The number of nitrogens with zero attached hydrogens (tertiary/aromatic N) is 2. The number of methoxy groups -OCH3 is 1. The largest absolute Gasteiger partial charge is 0.481 e. The van der Waals surface area contributed by atoms with Crippen LogP contribution in [0.4, 0.5) is 10.6 Å². The van der Waals surface area contributed by atoms with Crippen LogP contribution in [0.25, 0.3) is 11.1 Å². The van der Waals surface area contributed by atoms with Gasteiger partial charge >= 0.3 is 6.09 Å². The van der Waals surface area contributed by atoms with Crippen molar-refractivity contribution in [1.82, 2.24) is 9.97 Å². The van der Waals surface area contributed by atoms with Crippen LogP contribution in [0.3, 0.4) is 0 Å². The predicted molar refractivity (Wildman–Crippen MR) is 106 cm³/mol. The molecule has 1 amide bonds. The first kappa shape index (κ1) is 20.5. The van der Waals surface area contributed by atoms with Gasteiger partial charge in [0.15, 0.2) is 0 Å². The molecular formula is C20H28N4O3. The minimum absolute atomic E-state index is 0.0531. The average molecular weight is 372 g/mol. The molecule has 2 aromatic heterocycles. The lowest BCUT2D eigenvalue weighted by atomic mass is 9.82. The van der Waals surface area contributed by atoms with Crippen LogP contribution in [0.1, 0.15) is 27.7 Å². The molecule has 7 nitrogen and oxygen atoms in total. The lowest BCUT2D eigenvalue weighted by Gasteiger charge is -2.34. The van der Waals surface area contributed by atoms with Crippen molar-refractivity contribution in [2.45, 2.75) is 33.8 Å². The Morgan fingerprint density at radius 3 is 2.56 bits per heavy atom. The highest BCUT2D eigenvalue weighted by atomic mass is 16.6. The molecule has 2 heterocycles. The van der Waals surface area contributed by atoms with Crippen LogP contribution in [-0.2, 0) is 4.74 Å². The number of primary amides is 1. The molecule has 146 valence electrons. The summed E-state index contributed by atoms with van der Waals surface area (Å²) >= 11 is 0. The van der Waals surface area contributed by atoms with Crippen LogP contribution >= 0.6 is 0 Å². The van der Waals surface area contributed by atoms with Gasteiger partial charge in [-0.3, -0.25) is 0 Å². The van der Waals surface area contributed by atoms with Gasteiger partial charge in [0.1, 0.15) is 11.9 Å². The number of rotatable bonds is 7. The number of nitrogens with one attached hydrogen (secondary N) is 1. The smallest absolute Gasteiger partial charge is 0.404 e. The standard InChI is InChI=1S/C20H28N4O3/c1-13(17(20(2,3)4)27-19(21)25)11-23-16-9-8-14(12-24-16)15-7-6-10-22-18(15)26-5/h6-10,12-13,17H,11H2,1-5H3,(H2,21,25)(H,23,24). The first-order chi connectivity index (χ1) is 12.7. The van der Waals surface area contributed by atoms with E-state index in [4.69, 9.17) is 15.2 Å². The molecule has 2 aromatic rings. The van der Waals surface area contributed by atoms with Crippen molar-refractivity contribution >= 4 is 11.9 Å². The van der Waals surface area contributed by atoms with E-state index in [0.717, 1.165) is 16.9 Å². The number of aromatic nitrogens is 2. The van der Waals surface area contributed by atoms with E-state index < -0.39 is 6.09 Å². The summed E-state index contributed by atoms with van der Waals surface area (Å²) in [5, 5.41) is 3.29. The quantitative estimate of drug-likeness (QED) is 0.768. The molecule has 0 aliphatic rings. The molecule has 2 rings (SSSR count). The maximum absolute atomic E-state index is 11.2. The molecule has 27 heavy (non-hydrogen) atoms. The molecule has 2 unspecified atom stereocenters. The summed E-state index contributed by atoms with van der Waals surface area (Å²) in [7, 11) is 1.59. The Balaban J connectivity index is 2.05. The first-order valence-corrected chi connectivity index (χ1v) is 8.87. The number of hydrogen-bond donors (Lipinski definition) is 2. The molecule has 0 fully saturated rings. The number of carbonyl (C=O) groups excluding carboxylic acids is 1. The highest BCUT2D eigenvalue weighted by Gasteiger charge is 2.32. The molecule has 0 spiro atoms. The summed E-state index contributed by atoms with van der Waals surface area (Å²) in [5.74, 6) is 1.35. The number of anilines is 1. The minimum Gasteiger partial charge on any atom is -0.481 e. The molecule has 0 saturated heterocycles. The number of carbonyl (C=O) groups is 1. The fourth-order valence-corrected chi connectivity index (χ4v) is 3.08. The van der Waals surface area contributed by atoms with E-state index in [9.17, 15) is 4.79 Å². The van der Waals surface area contributed by atoms with E-state index in [1.807, 2.05) is 52.0 Å². The highest BCUT2D eigenvalue weighted by molar-refractivity contribution is 5.68. The van der Waals surface area contributed by atoms with Crippen LogP contribution in [-0.4, -0.2) is 35.8 Å². The van der Waals surface area contributed by atoms with Crippen LogP contribution in [0.2, 0.25) is 0 Å². The summed E-state index contributed by atoms with van der Waals surface area (Å²) in [4.78, 5) is 19.9. The molecule has 3 N–H and O–H groups in total. The maximum atomic E-state index is 11.2. The number of ether oxygens (including phenoxy) is 2. The number of amides is 1. The second-order valence-electron chi connectivity index (χ2n) is 7.57. The lowest BCUT2D eigenvalue weighted by molar-refractivity contribution is 0.00509. The Morgan fingerprint density at radius 2 is 2.00 bits per heavy atom. The topological polar surface area (TPSA) is 99.4 Å². The Morgan fingerprint density at radius 1 is 1.26 bits per heavy atom. The Bertz CT molecular complexity index is 757. The Labute approximate surface area is 160 Å². The first-order valence-electron chi connectivity index (χ1n) is 8.87. The van der Waals surface area contributed by atoms with Gasteiger partial charge < -0.3 is 20.5 Å². The van der Waals surface area contributed by atoms with Gasteiger partial charge in [-0.2, -0.15) is 0 Å². The fraction of sp³-hybridized carbons (Fsp3) is 0.450.